The molecular weight excluding hydrogens is 560 g/mol. The third-order valence-electron chi connectivity index (χ3n) is 11.8. The highest BCUT2D eigenvalue weighted by atomic mass is 16.7. The van der Waals surface area contributed by atoms with Crippen LogP contribution >= 0.6 is 0 Å². The second kappa shape index (κ2) is 10.2. The number of allylic oxidation sites excluding steroid dienone is 2. The van der Waals surface area contributed by atoms with Crippen molar-refractivity contribution < 1.29 is 34.4 Å². The third kappa shape index (κ3) is 4.09. The summed E-state index contributed by atoms with van der Waals surface area (Å²) in [5, 5.41) is 32.4. The molecule has 0 bridgehead atoms. The molecule has 0 radical (unpaired) electrons. The molecule has 1 unspecified atom stereocenters. The van der Waals surface area contributed by atoms with E-state index in [2.05, 4.69) is 13.0 Å². The molecule has 44 heavy (non-hydrogen) atoms. The molecular formula is C35H42N2O7. The monoisotopic (exact) mass is 602 g/mol. The third-order valence-corrected chi connectivity index (χ3v) is 11.8. The second-order valence-corrected chi connectivity index (χ2v) is 14.1. The number of anilines is 1. The lowest BCUT2D eigenvalue weighted by Gasteiger charge is -2.60. The maximum Gasteiger partial charge on any atom is 0.200 e. The number of nitrogen functional groups attached to an aromatic ring is 1. The number of ether oxygens (including phenoxy) is 2. The Morgan fingerprint density at radius 1 is 1.16 bits per heavy atom. The van der Waals surface area contributed by atoms with E-state index in [-0.39, 0.29) is 35.4 Å². The molecule has 4 fully saturated rings. The maximum atomic E-state index is 13.8. The molecule has 7 rings (SSSR count). The molecule has 5 aliphatic rings. The average Bonchev–Trinajstić information content (AvgIpc) is 3.63. The molecule has 0 spiro atoms. The number of aliphatic hydroxyl groups is 3. The van der Waals surface area contributed by atoms with Gasteiger partial charge in [0.1, 0.15) is 6.61 Å². The number of nitrogens with zero attached hydrogens (tertiary/aromatic N) is 1. The van der Waals surface area contributed by atoms with Gasteiger partial charge in [-0.2, -0.15) is 0 Å². The van der Waals surface area contributed by atoms with E-state index in [4.69, 9.17) is 15.2 Å². The van der Waals surface area contributed by atoms with Gasteiger partial charge in [0.15, 0.2) is 17.2 Å². The molecule has 3 saturated carbocycles. The predicted molar refractivity (Wildman–Crippen MR) is 162 cm³/mol. The van der Waals surface area contributed by atoms with Gasteiger partial charge in [-0.05, 0) is 61.3 Å². The molecule has 1 saturated heterocycles. The first-order valence-corrected chi connectivity index (χ1v) is 15.7. The summed E-state index contributed by atoms with van der Waals surface area (Å²) < 4.78 is 15.1. The fraction of sp³-hybridized carbons (Fsp3) is 0.543. The Morgan fingerprint density at radius 2 is 1.91 bits per heavy atom. The van der Waals surface area contributed by atoms with E-state index in [1.54, 1.807) is 35.0 Å². The Kier molecular flexibility index (Phi) is 6.88. The highest BCUT2D eigenvalue weighted by Crippen LogP contribution is 2.70. The van der Waals surface area contributed by atoms with E-state index in [1.165, 1.54) is 0 Å². The van der Waals surface area contributed by atoms with Crippen molar-refractivity contribution in [1.82, 2.24) is 4.57 Å². The number of fused-ring (bicyclic) bond motifs is 7. The van der Waals surface area contributed by atoms with Crippen LogP contribution in [-0.4, -0.2) is 62.0 Å². The van der Waals surface area contributed by atoms with Gasteiger partial charge in [-0.3, -0.25) is 9.59 Å². The Morgan fingerprint density at radius 3 is 2.64 bits per heavy atom. The minimum absolute atomic E-state index is 0.0291. The minimum Gasteiger partial charge on any atom is -0.399 e. The molecule has 2 heterocycles. The Bertz CT molecular complexity index is 1560. The highest BCUT2D eigenvalue weighted by Gasteiger charge is 2.76. The molecule has 1 aromatic carbocycles. The first kappa shape index (κ1) is 29.6. The summed E-state index contributed by atoms with van der Waals surface area (Å²) in [5.41, 5.74) is 6.98. The zero-order valence-electron chi connectivity index (χ0n) is 25.5. The van der Waals surface area contributed by atoms with Crippen molar-refractivity contribution in [2.24, 2.45) is 35.6 Å². The van der Waals surface area contributed by atoms with Crippen LogP contribution in [0.15, 0.2) is 60.3 Å². The van der Waals surface area contributed by atoms with Crippen molar-refractivity contribution in [2.45, 2.75) is 76.2 Å². The molecule has 9 heteroatoms. The molecule has 1 aliphatic heterocycles. The smallest absolute Gasteiger partial charge is 0.200 e. The molecule has 1 aromatic heterocycles. The Balaban J connectivity index is 1.19. The van der Waals surface area contributed by atoms with Crippen LogP contribution in [0.25, 0.3) is 0 Å². The number of hydrogen-bond donors (Lipinski definition) is 4. The second-order valence-electron chi connectivity index (χ2n) is 14.1. The summed E-state index contributed by atoms with van der Waals surface area (Å²) in [5.74, 6) is -0.423. The average molecular weight is 603 g/mol. The first-order chi connectivity index (χ1) is 20.9. The number of carbonyl (C=O) groups excluding carboxylic acids is 2. The van der Waals surface area contributed by atoms with E-state index in [1.807, 2.05) is 32.2 Å². The molecule has 2 aromatic rings. The van der Waals surface area contributed by atoms with Gasteiger partial charge in [0.05, 0.1) is 24.0 Å². The van der Waals surface area contributed by atoms with Gasteiger partial charge in [-0.15, -0.1) is 0 Å². The number of nitrogens with two attached hydrogens (primary N) is 1. The van der Waals surface area contributed by atoms with Crippen LogP contribution in [0, 0.1) is 28.6 Å². The van der Waals surface area contributed by atoms with Gasteiger partial charge >= 0.3 is 0 Å². The van der Waals surface area contributed by atoms with Crippen LogP contribution in [0.1, 0.15) is 67.4 Å². The summed E-state index contributed by atoms with van der Waals surface area (Å²) in [6.07, 6.45) is 7.45. The zero-order chi connectivity index (χ0) is 31.2. The van der Waals surface area contributed by atoms with Crippen LogP contribution in [0.3, 0.4) is 0 Å². The lowest BCUT2D eigenvalue weighted by molar-refractivity contribution is -0.202. The number of Topliss-reactive ketones (excluding diaryl/α,β-unsaturated/α-hetero) is 2. The van der Waals surface area contributed by atoms with Crippen molar-refractivity contribution in [3.8, 4) is 0 Å². The molecule has 10 atom stereocenters. The van der Waals surface area contributed by atoms with Crippen LogP contribution in [0.2, 0.25) is 0 Å². The maximum absolute atomic E-state index is 13.8. The van der Waals surface area contributed by atoms with Gasteiger partial charge in [0, 0.05) is 47.7 Å². The van der Waals surface area contributed by atoms with Crippen molar-refractivity contribution >= 4 is 17.3 Å². The van der Waals surface area contributed by atoms with Crippen molar-refractivity contribution in [1.29, 1.82) is 0 Å². The standard InChI is InChI=1S/C35H42N2O7/c1-33-11-10-23(39)14-21(33)6-9-24-25-15-30-35(29(42)18-38,34(25,2)16-28(41)31(24)33)44-32(43-30)26-13-20(17-37(26)3)27(40)12-19-4-7-22(36)8-5-19/h4-5,7-8,10-11,13-14,17,23-25,28,30-32,38-39,41H,6,9,12,15-16,18,36H2,1-3H3/t23?,24-,25-,28-,30+,31+,32+,33-,34-,35+/m0/s1. The van der Waals surface area contributed by atoms with E-state index < -0.39 is 48.0 Å². The van der Waals surface area contributed by atoms with Crippen molar-refractivity contribution in [2.75, 3.05) is 12.3 Å². The van der Waals surface area contributed by atoms with Crippen molar-refractivity contribution in [3.63, 3.8) is 0 Å². The lowest BCUT2D eigenvalue weighted by Crippen LogP contribution is -2.63. The van der Waals surface area contributed by atoms with Crippen LogP contribution in [-0.2, 0) is 27.7 Å². The predicted octanol–water partition coefficient (Wildman–Crippen LogP) is 3.43. The first-order valence-electron chi connectivity index (χ1n) is 15.7. The number of benzene rings is 1. The molecule has 4 aliphatic carbocycles. The number of aliphatic hydroxyl groups excluding tert-OH is 3. The quantitative estimate of drug-likeness (QED) is 0.224. The minimum atomic E-state index is -1.43. The number of carbonyl (C=O) groups is 2. The van der Waals surface area contributed by atoms with E-state index in [0.29, 0.717) is 29.8 Å². The van der Waals surface area contributed by atoms with Crippen LogP contribution in [0.4, 0.5) is 5.69 Å². The molecule has 9 nitrogen and oxygen atoms in total. The normalized spacial score (nSPS) is 40.5. The van der Waals surface area contributed by atoms with Gasteiger partial charge in [0.25, 0.3) is 0 Å². The van der Waals surface area contributed by atoms with E-state index in [0.717, 1.165) is 24.0 Å². The molecule has 234 valence electrons. The number of aromatic nitrogens is 1. The van der Waals surface area contributed by atoms with Gasteiger partial charge < -0.3 is 35.1 Å². The van der Waals surface area contributed by atoms with Crippen LogP contribution in [0.5, 0.6) is 0 Å². The Labute approximate surface area is 257 Å². The fourth-order valence-corrected chi connectivity index (χ4v) is 9.83. The lowest BCUT2D eigenvalue weighted by atomic mass is 9.46. The van der Waals surface area contributed by atoms with Crippen LogP contribution < -0.4 is 5.73 Å². The number of ketones is 2. The topological polar surface area (TPSA) is 144 Å². The van der Waals surface area contributed by atoms with Crippen molar-refractivity contribution in [3.05, 3.63) is 77.2 Å². The largest absolute Gasteiger partial charge is 0.399 e. The summed E-state index contributed by atoms with van der Waals surface area (Å²) in [6, 6.07) is 8.97. The van der Waals surface area contributed by atoms with Gasteiger partial charge in [-0.25, -0.2) is 0 Å². The molecule has 5 N–H and O–H groups in total. The van der Waals surface area contributed by atoms with Gasteiger partial charge in [0.2, 0.25) is 6.29 Å². The number of aryl methyl sites for hydroxylation is 1. The molecule has 0 amide bonds. The van der Waals surface area contributed by atoms with Gasteiger partial charge in [-0.1, -0.05) is 49.8 Å². The number of rotatable bonds is 6. The summed E-state index contributed by atoms with van der Waals surface area (Å²) in [6.45, 7) is 3.48. The summed E-state index contributed by atoms with van der Waals surface area (Å²) in [7, 11) is 1.82. The zero-order valence-corrected chi connectivity index (χ0v) is 25.5. The summed E-state index contributed by atoms with van der Waals surface area (Å²) >= 11 is 0. The fourth-order valence-electron chi connectivity index (χ4n) is 9.83. The summed E-state index contributed by atoms with van der Waals surface area (Å²) in [4.78, 5) is 27.0. The highest BCUT2D eigenvalue weighted by molar-refractivity contribution is 5.97. The Hall–Kier alpha value is -3.08. The number of hydrogen-bond acceptors (Lipinski definition) is 8. The van der Waals surface area contributed by atoms with E-state index >= 15 is 0 Å². The van der Waals surface area contributed by atoms with E-state index in [9.17, 15) is 24.9 Å². The SMILES string of the molecule is Cn1cc(C(=O)Cc2ccc(N)cc2)cc1[C@@H]1O[C@@H]2C[C@H]3[C@@H]4CCC5=CC(O)C=C[C@]5(C)[C@H]4[C@@H](O)C[C@]3(C)[C@]2(C(=O)CO)O1.